The number of hydrogen-bond acceptors (Lipinski definition) is 5. The molecule has 4 rings (SSSR count). The topological polar surface area (TPSA) is 85.2 Å². The SMILES string of the molecule is Cc1ccc(C(=O)Nc2c3c(nn2CC(=O)NCC2CCCO2)CSC3)cc1C. The van der Waals surface area contributed by atoms with Gasteiger partial charge in [-0.15, -0.1) is 0 Å². The van der Waals surface area contributed by atoms with E-state index in [4.69, 9.17) is 4.74 Å². The minimum atomic E-state index is -0.186. The number of benzene rings is 1. The van der Waals surface area contributed by atoms with Crippen molar-refractivity contribution in [2.75, 3.05) is 18.5 Å². The van der Waals surface area contributed by atoms with Gasteiger partial charge in [-0.2, -0.15) is 16.9 Å². The van der Waals surface area contributed by atoms with Gasteiger partial charge in [-0.3, -0.25) is 9.59 Å². The van der Waals surface area contributed by atoms with Crippen LogP contribution in [0.15, 0.2) is 18.2 Å². The first-order chi connectivity index (χ1) is 14.0. The molecule has 1 aromatic heterocycles. The van der Waals surface area contributed by atoms with Crippen molar-refractivity contribution in [2.24, 2.45) is 0 Å². The Bertz CT molecular complexity index is 934. The van der Waals surface area contributed by atoms with Gasteiger partial charge in [-0.1, -0.05) is 6.07 Å². The number of aromatic nitrogens is 2. The fourth-order valence-corrected chi connectivity index (χ4v) is 4.64. The van der Waals surface area contributed by atoms with Crippen LogP contribution in [0.3, 0.4) is 0 Å². The second kappa shape index (κ2) is 8.59. The van der Waals surface area contributed by atoms with Crippen LogP contribution in [-0.4, -0.2) is 40.9 Å². The van der Waals surface area contributed by atoms with E-state index in [-0.39, 0.29) is 24.5 Å². The number of ether oxygens (including phenoxy) is 1. The number of hydrogen-bond donors (Lipinski definition) is 2. The standard InChI is InChI=1S/C21H26N4O3S/c1-13-5-6-15(8-14(13)2)21(27)23-20-17-11-29-12-18(17)24-25(20)10-19(26)22-9-16-4-3-7-28-16/h5-6,8,16H,3-4,7,9-12H2,1-2H3,(H,22,26)(H,23,27). The van der Waals surface area contributed by atoms with Gasteiger partial charge in [0.15, 0.2) is 0 Å². The summed E-state index contributed by atoms with van der Waals surface area (Å²) in [7, 11) is 0. The molecule has 1 atom stereocenters. The molecule has 2 aliphatic rings. The number of carbonyl (C=O) groups is 2. The van der Waals surface area contributed by atoms with Crippen LogP contribution in [0.4, 0.5) is 5.82 Å². The molecular formula is C21H26N4O3S. The first kappa shape index (κ1) is 20.0. The maximum Gasteiger partial charge on any atom is 0.256 e. The smallest absolute Gasteiger partial charge is 0.256 e. The Labute approximate surface area is 174 Å². The van der Waals surface area contributed by atoms with Gasteiger partial charge in [-0.25, -0.2) is 4.68 Å². The normalized spacial score (nSPS) is 17.9. The summed E-state index contributed by atoms with van der Waals surface area (Å²) in [4.78, 5) is 25.3. The molecule has 1 unspecified atom stereocenters. The molecular weight excluding hydrogens is 388 g/mol. The van der Waals surface area contributed by atoms with Crippen LogP contribution in [0.1, 0.15) is 45.6 Å². The zero-order chi connectivity index (χ0) is 20.4. The van der Waals surface area contributed by atoms with Crippen molar-refractivity contribution < 1.29 is 14.3 Å². The minimum Gasteiger partial charge on any atom is -0.376 e. The second-order valence-corrected chi connectivity index (χ2v) is 8.60. The van der Waals surface area contributed by atoms with E-state index in [1.807, 2.05) is 32.0 Å². The quantitative estimate of drug-likeness (QED) is 0.759. The predicted molar refractivity (Wildman–Crippen MR) is 113 cm³/mol. The van der Waals surface area contributed by atoms with E-state index in [0.29, 0.717) is 17.9 Å². The first-order valence-corrected chi connectivity index (χ1v) is 11.1. The molecule has 29 heavy (non-hydrogen) atoms. The first-order valence-electron chi connectivity index (χ1n) is 9.94. The Morgan fingerprint density at radius 1 is 1.28 bits per heavy atom. The van der Waals surface area contributed by atoms with Gasteiger partial charge in [0.1, 0.15) is 12.4 Å². The maximum absolute atomic E-state index is 12.8. The molecule has 1 aromatic carbocycles. The summed E-state index contributed by atoms with van der Waals surface area (Å²) in [5.74, 6) is 1.90. The lowest BCUT2D eigenvalue weighted by Gasteiger charge is -2.13. The highest BCUT2D eigenvalue weighted by Gasteiger charge is 2.25. The maximum atomic E-state index is 12.8. The number of nitrogens with one attached hydrogen (secondary N) is 2. The average Bonchev–Trinajstić information content (AvgIpc) is 3.42. The molecule has 0 saturated carbocycles. The molecule has 0 aliphatic carbocycles. The van der Waals surface area contributed by atoms with Crippen LogP contribution >= 0.6 is 11.8 Å². The Hall–Kier alpha value is -2.32. The van der Waals surface area contributed by atoms with Gasteiger partial charge < -0.3 is 15.4 Å². The van der Waals surface area contributed by atoms with Crippen molar-refractivity contribution in [1.29, 1.82) is 0 Å². The van der Waals surface area contributed by atoms with Crippen LogP contribution in [0.2, 0.25) is 0 Å². The lowest BCUT2D eigenvalue weighted by molar-refractivity contribution is -0.122. The zero-order valence-corrected chi connectivity index (χ0v) is 17.6. The molecule has 2 aromatic rings. The predicted octanol–water partition coefficient (Wildman–Crippen LogP) is 2.79. The van der Waals surface area contributed by atoms with Crippen molar-refractivity contribution in [1.82, 2.24) is 15.1 Å². The van der Waals surface area contributed by atoms with E-state index in [9.17, 15) is 9.59 Å². The molecule has 0 radical (unpaired) electrons. The Balaban J connectivity index is 1.48. The summed E-state index contributed by atoms with van der Waals surface area (Å²) in [6.07, 6.45) is 2.12. The zero-order valence-electron chi connectivity index (χ0n) is 16.8. The monoisotopic (exact) mass is 414 g/mol. The van der Waals surface area contributed by atoms with Crippen LogP contribution in [-0.2, 0) is 27.6 Å². The third kappa shape index (κ3) is 4.48. The van der Waals surface area contributed by atoms with Crippen molar-refractivity contribution in [3.05, 3.63) is 46.1 Å². The van der Waals surface area contributed by atoms with E-state index in [0.717, 1.165) is 53.3 Å². The molecule has 1 fully saturated rings. The fraction of sp³-hybridized carbons (Fsp3) is 0.476. The summed E-state index contributed by atoms with van der Waals surface area (Å²) in [5.41, 5.74) is 4.77. The Morgan fingerprint density at radius 3 is 2.90 bits per heavy atom. The van der Waals surface area contributed by atoms with Gasteiger partial charge >= 0.3 is 0 Å². The van der Waals surface area contributed by atoms with Crippen LogP contribution < -0.4 is 10.6 Å². The average molecular weight is 415 g/mol. The Kier molecular flexibility index (Phi) is 5.91. The number of amides is 2. The van der Waals surface area contributed by atoms with Gasteiger partial charge in [0.2, 0.25) is 5.91 Å². The molecule has 3 heterocycles. The van der Waals surface area contributed by atoms with E-state index in [2.05, 4.69) is 15.7 Å². The molecule has 2 N–H and O–H groups in total. The van der Waals surface area contributed by atoms with E-state index < -0.39 is 0 Å². The van der Waals surface area contributed by atoms with Gasteiger partial charge in [0, 0.05) is 35.8 Å². The number of carbonyl (C=O) groups excluding carboxylic acids is 2. The number of fused-ring (bicyclic) bond motifs is 1. The third-order valence-corrected chi connectivity index (χ3v) is 6.43. The molecule has 1 saturated heterocycles. The molecule has 154 valence electrons. The van der Waals surface area contributed by atoms with Crippen molar-refractivity contribution in [2.45, 2.75) is 50.8 Å². The second-order valence-electron chi connectivity index (χ2n) is 7.62. The van der Waals surface area contributed by atoms with Crippen molar-refractivity contribution in [3.63, 3.8) is 0 Å². The summed E-state index contributed by atoms with van der Waals surface area (Å²) < 4.78 is 7.17. The molecule has 8 heteroatoms. The number of anilines is 1. The Morgan fingerprint density at radius 2 is 2.14 bits per heavy atom. The summed E-state index contributed by atoms with van der Waals surface area (Å²) in [6.45, 7) is 5.36. The van der Waals surface area contributed by atoms with Gasteiger partial charge in [0.05, 0.1) is 11.8 Å². The lowest BCUT2D eigenvalue weighted by Crippen LogP contribution is -2.34. The van der Waals surface area contributed by atoms with Crippen LogP contribution in [0, 0.1) is 13.8 Å². The number of nitrogens with zero attached hydrogens (tertiary/aromatic N) is 2. The number of aryl methyl sites for hydroxylation is 2. The van der Waals surface area contributed by atoms with Crippen molar-refractivity contribution >= 4 is 29.4 Å². The largest absolute Gasteiger partial charge is 0.376 e. The highest BCUT2D eigenvalue weighted by atomic mass is 32.2. The lowest BCUT2D eigenvalue weighted by atomic mass is 10.1. The summed E-state index contributed by atoms with van der Waals surface area (Å²) in [6, 6.07) is 5.65. The third-order valence-electron chi connectivity index (χ3n) is 5.46. The minimum absolute atomic E-state index is 0.0763. The van der Waals surface area contributed by atoms with Crippen molar-refractivity contribution in [3.8, 4) is 0 Å². The summed E-state index contributed by atoms with van der Waals surface area (Å²) >= 11 is 1.76. The highest BCUT2D eigenvalue weighted by Crippen LogP contribution is 2.35. The molecule has 2 amide bonds. The van der Waals surface area contributed by atoms with E-state index in [1.165, 1.54) is 0 Å². The fourth-order valence-electron chi connectivity index (χ4n) is 3.61. The molecule has 0 spiro atoms. The highest BCUT2D eigenvalue weighted by molar-refractivity contribution is 7.98. The van der Waals surface area contributed by atoms with Crippen LogP contribution in [0.25, 0.3) is 0 Å². The molecule has 0 bridgehead atoms. The summed E-state index contributed by atoms with van der Waals surface area (Å²) in [5, 5.41) is 10.5. The van der Waals surface area contributed by atoms with Crippen LogP contribution in [0.5, 0.6) is 0 Å². The van der Waals surface area contributed by atoms with E-state index in [1.54, 1.807) is 16.4 Å². The van der Waals surface area contributed by atoms with E-state index >= 15 is 0 Å². The number of rotatable bonds is 6. The van der Waals surface area contributed by atoms with Gasteiger partial charge in [0.25, 0.3) is 5.91 Å². The number of thioether (sulfide) groups is 1. The van der Waals surface area contributed by atoms with Gasteiger partial charge in [-0.05, 0) is 49.9 Å². The molecule has 2 aliphatic heterocycles. The molecule has 7 nitrogen and oxygen atoms in total.